The molecule has 0 unspecified atom stereocenters. The molecule has 0 bridgehead atoms. The van der Waals surface area contributed by atoms with E-state index in [4.69, 9.17) is 4.74 Å². The molecule has 0 aliphatic heterocycles. The maximum Gasteiger partial charge on any atom is 0.298 e. The zero-order valence-electron chi connectivity index (χ0n) is 9.98. The van der Waals surface area contributed by atoms with Crippen LogP contribution in [0.3, 0.4) is 0 Å². The lowest BCUT2D eigenvalue weighted by atomic mass is 10.1. The Morgan fingerprint density at radius 3 is 2.74 bits per heavy atom. The molecule has 19 heavy (non-hydrogen) atoms. The van der Waals surface area contributed by atoms with Crippen LogP contribution >= 0.6 is 0 Å². The summed E-state index contributed by atoms with van der Waals surface area (Å²) < 4.78 is 5.02. The summed E-state index contributed by atoms with van der Waals surface area (Å²) in [6.45, 7) is 0.413. The molecule has 2 aromatic heterocycles. The van der Waals surface area contributed by atoms with Crippen molar-refractivity contribution in [2.75, 3.05) is 0 Å². The Bertz CT molecular complexity index is 727. The molecule has 4 nitrogen and oxygen atoms in total. The van der Waals surface area contributed by atoms with Gasteiger partial charge >= 0.3 is 0 Å². The molecule has 0 saturated heterocycles. The fourth-order valence-corrected chi connectivity index (χ4v) is 1.94. The van der Waals surface area contributed by atoms with Gasteiger partial charge in [-0.2, -0.15) is 0 Å². The Balaban J connectivity index is 2.24. The Hall–Kier alpha value is -2.75. The van der Waals surface area contributed by atoms with Gasteiger partial charge in [0.2, 0.25) is 0 Å². The van der Waals surface area contributed by atoms with Crippen molar-refractivity contribution in [3.8, 4) is 17.0 Å². The number of pyridine rings is 2. The van der Waals surface area contributed by atoms with Gasteiger partial charge in [-0.15, -0.1) is 0 Å². The van der Waals surface area contributed by atoms with Gasteiger partial charge in [-0.3, -0.25) is 9.78 Å². The molecule has 0 spiro atoms. The zero-order valence-corrected chi connectivity index (χ0v) is 9.98. The van der Waals surface area contributed by atoms with E-state index in [0.717, 1.165) is 16.8 Å². The SMILES string of the molecule is O=COc1cc(-c2ccccc2)nc2ccncc12. The number of hydrogen-bond donors (Lipinski definition) is 0. The average Bonchev–Trinajstić information content (AvgIpc) is 2.48. The Labute approximate surface area is 109 Å². The largest absolute Gasteiger partial charge is 0.428 e. The summed E-state index contributed by atoms with van der Waals surface area (Å²) in [5, 5.41) is 0.717. The third-order valence-corrected chi connectivity index (χ3v) is 2.82. The highest BCUT2D eigenvalue weighted by Gasteiger charge is 2.08. The second-order valence-electron chi connectivity index (χ2n) is 3.98. The first-order valence-electron chi connectivity index (χ1n) is 5.79. The lowest BCUT2D eigenvalue weighted by Gasteiger charge is -2.07. The minimum absolute atomic E-state index is 0.413. The highest BCUT2D eigenvalue weighted by Crippen LogP contribution is 2.28. The van der Waals surface area contributed by atoms with E-state index in [2.05, 4.69) is 9.97 Å². The monoisotopic (exact) mass is 250 g/mol. The van der Waals surface area contributed by atoms with Crippen LogP contribution in [0.4, 0.5) is 0 Å². The normalized spacial score (nSPS) is 10.3. The number of benzene rings is 1. The third kappa shape index (κ3) is 2.15. The number of carbonyl (C=O) groups is 1. The van der Waals surface area contributed by atoms with Crippen LogP contribution in [0.1, 0.15) is 0 Å². The van der Waals surface area contributed by atoms with Crippen LogP contribution in [-0.2, 0) is 4.79 Å². The van der Waals surface area contributed by atoms with Crippen LogP contribution in [-0.4, -0.2) is 16.4 Å². The van der Waals surface area contributed by atoms with E-state index < -0.39 is 0 Å². The molecule has 0 saturated carbocycles. The molecule has 0 aliphatic rings. The van der Waals surface area contributed by atoms with Crippen molar-refractivity contribution in [2.45, 2.75) is 0 Å². The van der Waals surface area contributed by atoms with Crippen molar-refractivity contribution in [1.29, 1.82) is 0 Å². The summed E-state index contributed by atoms with van der Waals surface area (Å²) in [5.74, 6) is 0.465. The summed E-state index contributed by atoms with van der Waals surface area (Å²) in [7, 11) is 0. The molecular formula is C15H10N2O2. The van der Waals surface area contributed by atoms with Gasteiger partial charge in [0, 0.05) is 24.0 Å². The second kappa shape index (κ2) is 4.86. The van der Waals surface area contributed by atoms with E-state index in [1.165, 1.54) is 0 Å². The number of aromatic nitrogens is 2. The van der Waals surface area contributed by atoms with Crippen LogP contribution in [0.5, 0.6) is 5.75 Å². The van der Waals surface area contributed by atoms with Gasteiger partial charge in [-0.1, -0.05) is 30.3 Å². The average molecular weight is 250 g/mol. The summed E-state index contributed by atoms with van der Waals surface area (Å²) >= 11 is 0. The molecule has 4 heteroatoms. The predicted molar refractivity (Wildman–Crippen MR) is 71.7 cm³/mol. The molecule has 3 rings (SSSR count). The van der Waals surface area contributed by atoms with E-state index in [1.54, 1.807) is 24.5 Å². The predicted octanol–water partition coefficient (Wildman–Crippen LogP) is 2.83. The first-order chi connectivity index (χ1) is 9.38. The molecule has 0 radical (unpaired) electrons. The standard InChI is InChI=1S/C15H10N2O2/c18-10-19-15-8-14(11-4-2-1-3-5-11)17-13-6-7-16-9-12(13)15/h1-10H. The molecule has 92 valence electrons. The number of rotatable bonds is 3. The molecule has 0 N–H and O–H groups in total. The summed E-state index contributed by atoms with van der Waals surface area (Å²) in [6, 6.07) is 13.3. The molecular weight excluding hydrogens is 240 g/mol. The minimum Gasteiger partial charge on any atom is -0.428 e. The van der Waals surface area contributed by atoms with Gasteiger partial charge < -0.3 is 4.74 Å². The van der Waals surface area contributed by atoms with Crippen LogP contribution in [0, 0.1) is 0 Å². The number of hydrogen-bond acceptors (Lipinski definition) is 4. The summed E-state index contributed by atoms with van der Waals surface area (Å²) in [4.78, 5) is 19.2. The van der Waals surface area contributed by atoms with E-state index in [1.807, 2.05) is 30.3 Å². The molecule has 3 aromatic rings. The first kappa shape index (κ1) is 11.3. The maximum absolute atomic E-state index is 10.6. The summed E-state index contributed by atoms with van der Waals surface area (Å²) in [6.07, 6.45) is 3.30. The van der Waals surface area contributed by atoms with Crippen molar-refractivity contribution in [3.05, 3.63) is 54.9 Å². The molecule has 0 amide bonds. The number of carbonyl (C=O) groups excluding carboxylic acids is 1. The highest BCUT2D eigenvalue weighted by atomic mass is 16.5. The van der Waals surface area contributed by atoms with Crippen LogP contribution in [0.25, 0.3) is 22.2 Å². The van der Waals surface area contributed by atoms with Crippen molar-refractivity contribution in [2.24, 2.45) is 0 Å². The number of fused-ring (bicyclic) bond motifs is 1. The Kier molecular flexibility index (Phi) is 2.90. The third-order valence-electron chi connectivity index (χ3n) is 2.82. The van der Waals surface area contributed by atoms with Crippen molar-refractivity contribution in [3.63, 3.8) is 0 Å². The molecule has 1 aromatic carbocycles. The van der Waals surface area contributed by atoms with Crippen LogP contribution in [0.15, 0.2) is 54.9 Å². The van der Waals surface area contributed by atoms with Crippen molar-refractivity contribution in [1.82, 2.24) is 9.97 Å². The van der Waals surface area contributed by atoms with Crippen LogP contribution in [0.2, 0.25) is 0 Å². The number of ether oxygens (including phenoxy) is 1. The zero-order chi connectivity index (χ0) is 13.1. The second-order valence-corrected chi connectivity index (χ2v) is 3.98. The van der Waals surface area contributed by atoms with Gasteiger partial charge in [-0.05, 0) is 6.07 Å². The lowest BCUT2D eigenvalue weighted by molar-refractivity contribution is -0.120. The van der Waals surface area contributed by atoms with Gasteiger partial charge in [0.15, 0.2) is 0 Å². The number of nitrogens with zero attached hydrogens (tertiary/aromatic N) is 2. The van der Waals surface area contributed by atoms with E-state index >= 15 is 0 Å². The van der Waals surface area contributed by atoms with Gasteiger partial charge in [0.1, 0.15) is 5.75 Å². The van der Waals surface area contributed by atoms with Gasteiger partial charge in [0.05, 0.1) is 16.6 Å². The van der Waals surface area contributed by atoms with Gasteiger partial charge in [-0.25, -0.2) is 4.98 Å². The van der Waals surface area contributed by atoms with Gasteiger partial charge in [0.25, 0.3) is 6.47 Å². The summed E-state index contributed by atoms with van der Waals surface area (Å²) in [5.41, 5.74) is 2.47. The maximum atomic E-state index is 10.6. The first-order valence-corrected chi connectivity index (χ1v) is 5.79. The topological polar surface area (TPSA) is 52.1 Å². The fraction of sp³-hybridized carbons (Fsp3) is 0. The highest BCUT2D eigenvalue weighted by molar-refractivity contribution is 5.87. The molecule has 0 fully saturated rings. The smallest absolute Gasteiger partial charge is 0.298 e. The van der Waals surface area contributed by atoms with Crippen molar-refractivity contribution >= 4 is 17.4 Å². The Morgan fingerprint density at radius 2 is 1.95 bits per heavy atom. The van der Waals surface area contributed by atoms with Crippen molar-refractivity contribution < 1.29 is 9.53 Å². The fourth-order valence-electron chi connectivity index (χ4n) is 1.94. The van der Waals surface area contributed by atoms with Crippen LogP contribution < -0.4 is 4.74 Å². The van der Waals surface area contributed by atoms with E-state index in [-0.39, 0.29) is 0 Å². The van der Waals surface area contributed by atoms with E-state index in [0.29, 0.717) is 17.6 Å². The Morgan fingerprint density at radius 1 is 1.11 bits per heavy atom. The minimum atomic E-state index is 0.413. The molecule has 0 atom stereocenters. The molecule has 2 heterocycles. The quantitative estimate of drug-likeness (QED) is 0.671. The van der Waals surface area contributed by atoms with E-state index in [9.17, 15) is 4.79 Å². The lowest BCUT2D eigenvalue weighted by Crippen LogP contribution is -1.94. The molecule has 0 aliphatic carbocycles.